The first kappa shape index (κ1) is 14.0. The molecule has 5 nitrogen and oxygen atoms in total. The maximum Gasteiger partial charge on any atom is 0.242 e. The highest BCUT2D eigenvalue weighted by Gasteiger charge is 2.28. The summed E-state index contributed by atoms with van der Waals surface area (Å²) in [6.45, 7) is 8.74. The second kappa shape index (κ2) is 6.59. The van der Waals surface area contributed by atoms with Crippen LogP contribution in [0, 0.1) is 0 Å². The molecule has 1 aliphatic rings. The Bertz CT molecular complexity index is 279. The lowest BCUT2D eigenvalue weighted by atomic mass is 10.2. The summed E-state index contributed by atoms with van der Waals surface area (Å²) in [6.07, 6.45) is 0.892. The summed E-state index contributed by atoms with van der Waals surface area (Å²) in [6, 6.07) is 0.462. The summed E-state index contributed by atoms with van der Waals surface area (Å²) >= 11 is 0. The fourth-order valence-electron chi connectivity index (χ4n) is 1.86. The van der Waals surface area contributed by atoms with E-state index in [1.165, 1.54) is 0 Å². The molecule has 0 aliphatic carbocycles. The van der Waals surface area contributed by atoms with Gasteiger partial charge >= 0.3 is 0 Å². The van der Waals surface area contributed by atoms with Gasteiger partial charge in [-0.3, -0.25) is 9.59 Å². The molecule has 1 fully saturated rings. The standard InChI is InChI=1S/C12H23N3O2/c1-4-14-8-12(17)15(9-11(14)16)7-5-6-13-10(2)3/h10,13H,4-9H2,1-3H3. The minimum Gasteiger partial charge on any atom is -0.332 e. The molecule has 0 saturated carbocycles. The Hall–Kier alpha value is -1.10. The third-order valence-corrected chi connectivity index (χ3v) is 2.90. The maximum atomic E-state index is 11.7. The van der Waals surface area contributed by atoms with Crippen molar-refractivity contribution in [2.24, 2.45) is 0 Å². The number of carbonyl (C=O) groups is 2. The molecule has 17 heavy (non-hydrogen) atoms. The van der Waals surface area contributed by atoms with E-state index in [0.29, 0.717) is 19.1 Å². The lowest BCUT2D eigenvalue weighted by Crippen LogP contribution is -2.53. The van der Waals surface area contributed by atoms with Gasteiger partial charge in [0.2, 0.25) is 11.8 Å². The Morgan fingerprint density at radius 3 is 2.35 bits per heavy atom. The van der Waals surface area contributed by atoms with Crippen LogP contribution in [0.3, 0.4) is 0 Å². The van der Waals surface area contributed by atoms with E-state index in [1.54, 1.807) is 9.80 Å². The van der Waals surface area contributed by atoms with Crippen molar-refractivity contribution >= 4 is 11.8 Å². The highest BCUT2D eigenvalue weighted by molar-refractivity contribution is 5.92. The zero-order chi connectivity index (χ0) is 12.8. The van der Waals surface area contributed by atoms with E-state index in [0.717, 1.165) is 13.0 Å². The molecule has 1 heterocycles. The van der Waals surface area contributed by atoms with Crippen molar-refractivity contribution < 1.29 is 9.59 Å². The van der Waals surface area contributed by atoms with E-state index in [2.05, 4.69) is 19.2 Å². The molecule has 0 aromatic carbocycles. The zero-order valence-corrected chi connectivity index (χ0v) is 11.0. The van der Waals surface area contributed by atoms with Gasteiger partial charge in [-0.2, -0.15) is 0 Å². The number of hydrogen-bond donors (Lipinski definition) is 1. The molecular formula is C12H23N3O2. The molecule has 0 atom stereocenters. The monoisotopic (exact) mass is 241 g/mol. The van der Waals surface area contributed by atoms with Gasteiger partial charge in [-0.05, 0) is 19.9 Å². The topological polar surface area (TPSA) is 52.7 Å². The van der Waals surface area contributed by atoms with E-state index >= 15 is 0 Å². The number of amides is 2. The van der Waals surface area contributed by atoms with Crippen LogP contribution in [0.4, 0.5) is 0 Å². The minimum atomic E-state index is 0.0592. The van der Waals surface area contributed by atoms with Gasteiger partial charge in [-0.1, -0.05) is 13.8 Å². The van der Waals surface area contributed by atoms with Gasteiger partial charge in [0, 0.05) is 19.1 Å². The predicted octanol–water partition coefficient (Wildman–Crippen LogP) is 0.0652. The molecule has 0 unspecified atom stereocenters. The van der Waals surface area contributed by atoms with Gasteiger partial charge in [-0.25, -0.2) is 0 Å². The third-order valence-electron chi connectivity index (χ3n) is 2.90. The molecule has 1 N–H and O–H groups in total. The smallest absolute Gasteiger partial charge is 0.242 e. The average molecular weight is 241 g/mol. The number of hydrogen-bond acceptors (Lipinski definition) is 3. The van der Waals surface area contributed by atoms with Crippen LogP contribution in [0.25, 0.3) is 0 Å². The van der Waals surface area contributed by atoms with Gasteiger partial charge < -0.3 is 15.1 Å². The number of nitrogens with zero attached hydrogens (tertiary/aromatic N) is 2. The molecule has 1 aliphatic heterocycles. The Morgan fingerprint density at radius 2 is 1.76 bits per heavy atom. The Labute approximate surface area is 103 Å². The average Bonchev–Trinajstić information content (AvgIpc) is 2.28. The van der Waals surface area contributed by atoms with E-state index < -0.39 is 0 Å². The molecule has 1 saturated heterocycles. The Kier molecular flexibility index (Phi) is 5.41. The molecule has 0 radical (unpaired) electrons. The fourth-order valence-corrected chi connectivity index (χ4v) is 1.86. The number of piperazine rings is 1. The van der Waals surface area contributed by atoms with Crippen LogP contribution in [-0.2, 0) is 9.59 Å². The van der Waals surface area contributed by atoms with E-state index in [4.69, 9.17) is 0 Å². The second-order valence-corrected chi connectivity index (χ2v) is 4.69. The van der Waals surface area contributed by atoms with Gasteiger partial charge in [0.05, 0.1) is 13.1 Å². The lowest BCUT2D eigenvalue weighted by Gasteiger charge is -2.33. The molecule has 2 amide bonds. The van der Waals surface area contributed by atoms with Gasteiger partial charge in [0.25, 0.3) is 0 Å². The molecule has 1 rings (SSSR count). The van der Waals surface area contributed by atoms with Crippen LogP contribution >= 0.6 is 0 Å². The van der Waals surface area contributed by atoms with Crippen LogP contribution in [0.1, 0.15) is 27.2 Å². The molecule has 0 spiro atoms. The molecule has 0 aromatic rings. The van der Waals surface area contributed by atoms with Crippen LogP contribution in [-0.4, -0.2) is 60.4 Å². The minimum absolute atomic E-state index is 0.0592. The van der Waals surface area contributed by atoms with Gasteiger partial charge in [0.1, 0.15) is 0 Å². The highest BCUT2D eigenvalue weighted by Crippen LogP contribution is 2.05. The molecule has 0 bridgehead atoms. The molecule has 0 aromatic heterocycles. The van der Waals surface area contributed by atoms with Gasteiger partial charge in [0.15, 0.2) is 0 Å². The van der Waals surface area contributed by atoms with Crippen molar-refractivity contribution in [1.29, 1.82) is 0 Å². The van der Waals surface area contributed by atoms with Crippen LogP contribution in [0.5, 0.6) is 0 Å². The quantitative estimate of drug-likeness (QED) is 0.669. The summed E-state index contributed by atoms with van der Waals surface area (Å²) in [5.41, 5.74) is 0. The van der Waals surface area contributed by atoms with Crippen molar-refractivity contribution in [1.82, 2.24) is 15.1 Å². The van der Waals surface area contributed by atoms with Crippen LogP contribution < -0.4 is 5.32 Å². The van der Waals surface area contributed by atoms with Crippen molar-refractivity contribution in [3.63, 3.8) is 0 Å². The third kappa shape index (κ3) is 4.34. The van der Waals surface area contributed by atoms with Crippen LogP contribution in [0.2, 0.25) is 0 Å². The largest absolute Gasteiger partial charge is 0.332 e. The molecular weight excluding hydrogens is 218 g/mol. The van der Waals surface area contributed by atoms with Crippen molar-refractivity contribution in [2.45, 2.75) is 33.2 Å². The van der Waals surface area contributed by atoms with E-state index in [9.17, 15) is 9.59 Å². The first-order valence-corrected chi connectivity index (χ1v) is 6.33. The molecule has 5 heteroatoms. The van der Waals surface area contributed by atoms with Crippen molar-refractivity contribution in [2.75, 3.05) is 32.7 Å². The summed E-state index contributed by atoms with van der Waals surface area (Å²) in [5.74, 6) is 0.125. The SMILES string of the molecule is CCN1CC(=O)N(CCCNC(C)C)CC1=O. The first-order valence-electron chi connectivity index (χ1n) is 6.33. The summed E-state index contributed by atoms with van der Waals surface area (Å²) in [5, 5.41) is 3.30. The maximum absolute atomic E-state index is 11.7. The van der Waals surface area contributed by atoms with Crippen molar-refractivity contribution in [3.8, 4) is 0 Å². The predicted molar refractivity (Wildman–Crippen MR) is 66.6 cm³/mol. The number of rotatable bonds is 6. The summed E-state index contributed by atoms with van der Waals surface area (Å²) in [7, 11) is 0. The Balaban J connectivity index is 2.30. The highest BCUT2D eigenvalue weighted by atomic mass is 16.2. The zero-order valence-electron chi connectivity index (χ0n) is 11.0. The van der Waals surface area contributed by atoms with Gasteiger partial charge in [-0.15, -0.1) is 0 Å². The normalized spacial score (nSPS) is 17.2. The number of carbonyl (C=O) groups excluding carboxylic acids is 2. The van der Waals surface area contributed by atoms with Crippen LogP contribution in [0.15, 0.2) is 0 Å². The summed E-state index contributed by atoms with van der Waals surface area (Å²) < 4.78 is 0. The fraction of sp³-hybridized carbons (Fsp3) is 0.833. The number of likely N-dealkylation sites (N-methyl/N-ethyl adjacent to an activating group) is 1. The van der Waals surface area contributed by atoms with E-state index in [1.807, 2.05) is 6.92 Å². The van der Waals surface area contributed by atoms with Crippen molar-refractivity contribution in [3.05, 3.63) is 0 Å². The first-order chi connectivity index (χ1) is 8.04. The second-order valence-electron chi connectivity index (χ2n) is 4.69. The number of nitrogens with one attached hydrogen (secondary N) is 1. The Morgan fingerprint density at radius 1 is 1.18 bits per heavy atom. The van der Waals surface area contributed by atoms with E-state index in [-0.39, 0.29) is 24.9 Å². The summed E-state index contributed by atoms with van der Waals surface area (Å²) in [4.78, 5) is 26.7. The molecule has 98 valence electrons. The lowest BCUT2D eigenvalue weighted by molar-refractivity contribution is -0.149.